The number of hydrogen-bond donors (Lipinski definition) is 0. The van der Waals surface area contributed by atoms with E-state index in [4.69, 9.17) is 0 Å². The number of rotatable bonds is 7. The van der Waals surface area contributed by atoms with Crippen LogP contribution < -0.4 is 0 Å². The maximum atomic E-state index is 2.45. The van der Waals surface area contributed by atoms with Crippen LogP contribution in [0.5, 0.6) is 0 Å². The molecule has 0 aliphatic heterocycles. The molecular formula is C14H35N3. The minimum absolute atomic E-state index is 0.622. The number of nitrogens with zero attached hydrogens (tertiary/aromatic N) is 3. The van der Waals surface area contributed by atoms with Gasteiger partial charge in [0.25, 0.3) is 0 Å². The van der Waals surface area contributed by atoms with E-state index >= 15 is 0 Å². The van der Waals surface area contributed by atoms with E-state index in [-0.39, 0.29) is 0 Å². The third-order valence-corrected chi connectivity index (χ3v) is 3.18. The predicted molar refractivity (Wildman–Crippen MR) is 79.8 cm³/mol. The van der Waals surface area contributed by atoms with Crippen molar-refractivity contribution in [2.24, 2.45) is 0 Å². The van der Waals surface area contributed by atoms with E-state index < -0.39 is 0 Å². The third kappa shape index (κ3) is 10.7. The van der Waals surface area contributed by atoms with Crippen LogP contribution >= 0.6 is 0 Å². The van der Waals surface area contributed by atoms with Gasteiger partial charge in [-0.25, -0.2) is 0 Å². The lowest BCUT2D eigenvalue weighted by atomic mass is 10.2. The van der Waals surface area contributed by atoms with Crippen molar-refractivity contribution in [1.29, 1.82) is 0 Å². The first-order valence-electron chi connectivity index (χ1n) is 6.86. The summed E-state index contributed by atoms with van der Waals surface area (Å²) >= 11 is 0. The summed E-state index contributed by atoms with van der Waals surface area (Å²) in [5.74, 6) is 0. The molecule has 0 aromatic heterocycles. The van der Waals surface area contributed by atoms with Gasteiger partial charge in [-0.2, -0.15) is 0 Å². The summed E-state index contributed by atoms with van der Waals surface area (Å²) in [5, 5.41) is 0. The van der Waals surface area contributed by atoms with E-state index in [0.29, 0.717) is 12.1 Å². The Kier molecular flexibility index (Phi) is 12.4. The van der Waals surface area contributed by atoms with Crippen molar-refractivity contribution < 1.29 is 0 Å². The van der Waals surface area contributed by atoms with Gasteiger partial charge in [0, 0.05) is 18.6 Å². The zero-order valence-electron chi connectivity index (χ0n) is 13.6. The molecular weight excluding hydrogens is 210 g/mol. The molecule has 0 fully saturated rings. The van der Waals surface area contributed by atoms with Crippen LogP contribution in [-0.2, 0) is 0 Å². The van der Waals surface area contributed by atoms with Gasteiger partial charge in [0.1, 0.15) is 0 Å². The molecule has 0 aliphatic carbocycles. The van der Waals surface area contributed by atoms with Crippen LogP contribution in [0.15, 0.2) is 0 Å². The fourth-order valence-corrected chi connectivity index (χ4v) is 1.43. The summed E-state index contributed by atoms with van der Waals surface area (Å²) in [6.45, 7) is 10.9. The second-order valence-corrected chi connectivity index (χ2v) is 5.19. The van der Waals surface area contributed by atoms with Crippen molar-refractivity contribution in [3.63, 3.8) is 0 Å². The Hall–Kier alpha value is -0.120. The van der Waals surface area contributed by atoms with Crippen molar-refractivity contribution in [2.45, 2.75) is 46.2 Å². The van der Waals surface area contributed by atoms with Gasteiger partial charge >= 0.3 is 0 Å². The molecule has 17 heavy (non-hydrogen) atoms. The normalized spacial score (nSPS) is 14.8. The van der Waals surface area contributed by atoms with Gasteiger partial charge in [0.15, 0.2) is 0 Å². The molecule has 0 spiro atoms. The highest BCUT2D eigenvalue weighted by Gasteiger charge is 2.13. The van der Waals surface area contributed by atoms with Gasteiger partial charge < -0.3 is 14.7 Å². The van der Waals surface area contributed by atoms with Gasteiger partial charge in [-0.3, -0.25) is 0 Å². The first-order chi connectivity index (χ1) is 7.84. The van der Waals surface area contributed by atoms with Crippen LogP contribution in [0.25, 0.3) is 0 Å². The van der Waals surface area contributed by atoms with Gasteiger partial charge in [0.2, 0.25) is 0 Å². The summed E-state index contributed by atoms with van der Waals surface area (Å²) in [7, 11) is 10.8. The van der Waals surface area contributed by atoms with Gasteiger partial charge in [-0.1, -0.05) is 13.8 Å². The molecule has 0 saturated heterocycles. The largest absolute Gasteiger partial charge is 0.309 e. The van der Waals surface area contributed by atoms with E-state index in [1.165, 1.54) is 13.0 Å². The smallest absolute Gasteiger partial charge is 0.0188 e. The van der Waals surface area contributed by atoms with Crippen LogP contribution in [0.2, 0.25) is 0 Å². The number of likely N-dealkylation sites (N-methyl/N-ethyl adjacent to an activating group) is 2. The molecule has 0 radical (unpaired) electrons. The van der Waals surface area contributed by atoms with Crippen LogP contribution in [-0.4, -0.2) is 75.1 Å². The fraction of sp³-hybridized carbons (Fsp3) is 1.00. The highest BCUT2D eigenvalue weighted by Crippen LogP contribution is 2.04. The quantitative estimate of drug-likeness (QED) is 0.681. The van der Waals surface area contributed by atoms with Crippen LogP contribution in [0, 0.1) is 0 Å². The Bertz CT molecular complexity index is 158. The van der Waals surface area contributed by atoms with E-state index in [2.05, 4.69) is 63.8 Å². The molecule has 0 N–H and O–H groups in total. The van der Waals surface area contributed by atoms with Crippen molar-refractivity contribution in [1.82, 2.24) is 14.7 Å². The SMILES string of the molecule is CC.CC(CN(C)C(C)CCN(C)C)N(C)C. The third-order valence-electron chi connectivity index (χ3n) is 3.18. The lowest BCUT2D eigenvalue weighted by molar-refractivity contribution is 0.171. The summed E-state index contributed by atoms with van der Waals surface area (Å²) in [6, 6.07) is 1.28. The van der Waals surface area contributed by atoms with Gasteiger partial charge in [-0.15, -0.1) is 0 Å². The number of hydrogen-bond acceptors (Lipinski definition) is 3. The van der Waals surface area contributed by atoms with Gasteiger partial charge in [-0.05, 0) is 62.1 Å². The van der Waals surface area contributed by atoms with Crippen LogP contribution in [0.1, 0.15) is 34.1 Å². The van der Waals surface area contributed by atoms with E-state index in [9.17, 15) is 0 Å². The van der Waals surface area contributed by atoms with E-state index in [0.717, 1.165) is 6.54 Å². The lowest BCUT2D eigenvalue weighted by Gasteiger charge is -2.31. The predicted octanol–water partition coefficient (Wildman–Crippen LogP) is 2.23. The Morgan fingerprint density at radius 1 is 0.824 bits per heavy atom. The Balaban J connectivity index is 0. The minimum atomic E-state index is 0.622. The van der Waals surface area contributed by atoms with Crippen molar-refractivity contribution in [2.75, 3.05) is 48.3 Å². The van der Waals surface area contributed by atoms with Crippen molar-refractivity contribution >= 4 is 0 Å². The average molecular weight is 245 g/mol. The minimum Gasteiger partial charge on any atom is -0.309 e. The van der Waals surface area contributed by atoms with Crippen molar-refractivity contribution in [3.8, 4) is 0 Å². The molecule has 0 amide bonds. The van der Waals surface area contributed by atoms with E-state index in [1.54, 1.807) is 0 Å². The average Bonchev–Trinajstić information content (AvgIpc) is 2.28. The second-order valence-electron chi connectivity index (χ2n) is 5.19. The zero-order chi connectivity index (χ0) is 14.0. The fourth-order valence-electron chi connectivity index (χ4n) is 1.43. The lowest BCUT2D eigenvalue weighted by Crippen LogP contribution is -2.41. The maximum Gasteiger partial charge on any atom is 0.0188 e. The molecule has 2 atom stereocenters. The molecule has 0 aromatic carbocycles. The van der Waals surface area contributed by atoms with Crippen molar-refractivity contribution in [3.05, 3.63) is 0 Å². The van der Waals surface area contributed by atoms with Crippen LogP contribution in [0.3, 0.4) is 0 Å². The Morgan fingerprint density at radius 2 is 1.29 bits per heavy atom. The molecule has 3 heteroatoms. The molecule has 0 aliphatic rings. The highest BCUT2D eigenvalue weighted by atomic mass is 15.2. The second kappa shape index (κ2) is 11.0. The molecule has 106 valence electrons. The van der Waals surface area contributed by atoms with E-state index in [1.807, 2.05) is 13.8 Å². The molecule has 0 aromatic rings. The summed E-state index contributed by atoms with van der Waals surface area (Å²) in [5.41, 5.74) is 0. The molecule has 0 bridgehead atoms. The molecule has 0 rings (SSSR count). The standard InChI is InChI=1S/C12H29N3.C2H6/c1-11(8-9-13(3)4)15(7)10-12(2)14(5)6;1-2/h11-12H,8-10H2,1-7H3;1-2H3. The first-order valence-corrected chi connectivity index (χ1v) is 6.86. The van der Waals surface area contributed by atoms with Crippen LogP contribution in [0.4, 0.5) is 0 Å². The topological polar surface area (TPSA) is 9.72 Å². The summed E-state index contributed by atoms with van der Waals surface area (Å²) < 4.78 is 0. The molecule has 0 saturated carbocycles. The Morgan fingerprint density at radius 3 is 1.65 bits per heavy atom. The molecule has 0 heterocycles. The summed E-state index contributed by atoms with van der Waals surface area (Å²) in [6.07, 6.45) is 1.24. The summed E-state index contributed by atoms with van der Waals surface area (Å²) in [4.78, 5) is 6.98. The Labute approximate surface area is 110 Å². The molecule has 2 unspecified atom stereocenters. The monoisotopic (exact) mass is 245 g/mol. The maximum absolute atomic E-state index is 2.45. The van der Waals surface area contributed by atoms with Gasteiger partial charge in [0.05, 0.1) is 0 Å². The molecule has 3 nitrogen and oxygen atoms in total. The highest BCUT2D eigenvalue weighted by molar-refractivity contribution is 4.70. The zero-order valence-corrected chi connectivity index (χ0v) is 13.6. The first kappa shape index (κ1) is 19.2.